The summed E-state index contributed by atoms with van der Waals surface area (Å²) in [5.74, 6) is 0.329. The molecule has 1 saturated heterocycles. The van der Waals surface area contributed by atoms with E-state index in [9.17, 15) is 18.0 Å². The number of carbonyl (C=O) groups excluding carboxylic acids is 1. The average molecular weight is 392 g/mol. The molecule has 0 bridgehead atoms. The van der Waals surface area contributed by atoms with Crippen molar-refractivity contribution < 1.29 is 18.0 Å². The van der Waals surface area contributed by atoms with Crippen molar-refractivity contribution in [3.05, 3.63) is 54.0 Å². The number of piperidine rings is 1. The van der Waals surface area contributed by atoms with Gasteiger partial charge in [0.15, 0.2) is 0 Å². The number of alkyl halides is 3. The predicted molar refractivity (Wildman–Crippen MR) is 99.8 cm³/mol. The van der Waals surface area contributed by atoms with Crippen LogP contribution in [0.5, 0.6) is 0 Å². The third-order valence-electron chi connectivity index (χ3n) is 5.08. The lowest BCUT2D eigenvalue weighted by molar-refractivity contribution is -0.141. The predicted octanol–water partition coefficient (Wildman–Crippen LogP) is 3.63. The van der Waals surface area contributed by atoms with E-state index in [-0.39, 0.29) is 23.6 Å². The maximum absolute atomic E-state index is 12.8. The molecule has 3 rings (SSSR count). The molecule has 1 aromatic carbocycles. The molecule has 0 aliphatic carbocycles. The van der Waals surface area contributed by atoms with E-state index < -0.39 is 11.9 Å². The lowest BCUT2D eigenvalue weighted by Crippen LogP contribution is -2.41. The van der Waals surface area contributed by atoms with E-state index in [0.29, 0.717) is 32.5 Å². The van der Waals surface area contributed by atoms with E-state index >= 15 is 0 Å². The standard InChI is InChI=1S/C20H23F3N4O/c1-14(15-5-3-2-4-6-15)12-24-19(28)16-7-9-27(10-8-16)18-11-17(20(21,22)23)25-13-26-18/h2-6,11,13-14,16H,7-10,12H2,1H3,(H,24,28)/t14-/m0/s1. The maximum Gasteiger partial charge on any atom is 0.433 e. The van der Waals surface area contributed by atoms with Gasteiger partial charge in [0, 0.05) is 31.6 Å². The molecule has 28 heavy (non-hydrogen) atoms. The molecule has 1 aromatic heterocycles. The fourth-order valence-corrected chi connectivity index (χ4v) is 3.34. The number of nitrogens with zero attached hydrogens (tertiary/aromatic N) is 3. The van der Waals surface area contributed by atoms with Gasteiger partial charge in [0.2, 0.25) is 5.91 Å². The Kier molecular flexibility index (Phi) is 6.16. The van der Waals surface area contributed by atoms with Gasteiger partial charge in [-0.15, -0.1) is 0 Å². The van der Waals surface area contributed by atoms with Crippen molar-refractivity contribution in [1.29, 1.82) is 0 Å². The minimum absolute atomic E-state index is 0.00102. The van der Waals surface area contributed by atoms with Crippen molar-refractivity contribution in [2.75, 3.05) is 24.5 Å². The number of hydrogen-bond acceptors (Lipinski definition) is 4. The highest BCUT2D eigenvalue weighted by Crippen LogP contribution is 2.30. The van der Waals surface area contributed by atoms with Gasteiger partial charge in [-0.1, -0.05) is 37.3 Å². The van der Waals surface area contributed by atoms with Gasteiger partial charge in [0.25, 0.3) is 0 Å². The van der Waals surface area contributed by atoms with Gasteiger partial charge in [-0.05, 0) is 24.3 Å². The number of amides is 1. The third kappa shape index (κ3) is 4.99. The number of halogens is 3. The topological polar surface area (TPSA) is 58.1 Å². The van der Waals surface area contributed by atoms with Gasteiger partial charge in [-0.3, -0.25) is 4.79 Å². The quantitative estimate of drug-likeness (QED) is 0.844. The van der Waals surface area contributed by atoms with Crippen LogP contribution >= 0.6 is 0 Å². The summed E-state index contributed by atoms with van der Waals surface area (Å²) < 4.78 is 38.4. The first kappa shape index (κ1) is 20.1. The number of rotatable bonds is 5. The van der Waals surface area contributed by atoms with Gasteiger partial charge >= 0.3 is 6.18 Å². The average Bonchev–Trinajstić information content (AvgIpc) is 2.72. The summed E-state index contributed by atoms with van der Waals surface area (Å²) in [6.07, 6.45) is -2.40. The molecule has 0 spiro atoms. The zero-order chi connectivity index (χ0) is 20.1. The number of carbonyl (C=O) groups is 1. The smallest absolute Gasteiger partial charge is 0.356 e. The van der Waals surface area contributed by atoms with Crippen LogP contribution in [0.4, 0.5) is 19.0 Å². The van der Waals surface area contributed by atoms with Crippen LogP contribution in [-0.4, -0.2) is 35.5 Å². The second-order valence-electron chi connectivity index (χ2n) is 7.08. The Labute approximate surface area is 162 Å². The first-order valence-electron chi connectivity index (χ1n) is 9.31. The molecule has 8 heteroatoms. The fourth-order valence-electron chi connectivity index (χ4n) is 3.34. The van der Waals surface area contributed by atoms with Crippen molar-refractivity contribution >= 4 is 11.7 Å². The second-order valence-corrected chi connectivity index (χ2v) is 7.08. The van der Waals surface area contributed by atoms with Crippen molar-refractivity contribution in [3.8, 4) is 0 Å². The summed E-state index contributed by atoms with van der Waals surface area (Å²) in [6, 6.07) is 10.9. The molecule has 2 aromatic rings. The van der Waals surface area contributed by atoms with Crippen molar-refractivity contribution in [2.45, 2.75) is 31.9 Å². The van der Waals surface area contributed by atoms with Crippen LogP contribution in [0.3, 0.4) is 0 Å². The number of nitrogens with one attached hydrogen (secondary N) is 1. The molecule has 1 fully saturated rings. The van der Waals surface area contributed by atoms with E-state index in [1.165, 1.54) is 5.56 Å². The first-order valence-corrected chi connectivity index (χ1v) is 9.31. The number of hydrogen-bond donors (Lipinski definition) is 1. The Balaban J connectivity index is 1.50. The van der Waals surface area contributed by atoms with Crippen LogP contribution in [-0.2, 0) is 11.0 Å². The van der Waals surface area contributed by atoms with Gasteiger partial charge in [0.1, 0.15) is 17.8 Å². The van der Waals surface area contributed by atoms with Crippen LogP contribution in [0.1, 0.15) is 36.9 Å². The van der Waals surface area contributed by atoms with Gasteiger partial charge in [-0.25, -0.2) is 9.97 Å². The molecule has 1 N–H and O–H groups in total. The Morgan fingerprint density at radius 1 is 1.21 bits per heavy atom. The zero-order valence-corrected chi connectivity index (χ0v) is 15.6. The van der Waals surface area contributed by atoms with E-state index in [2.05, 4.69) is 22.2 Å². The van der Waals surface area contributed by atoms with Gasteiger partial charge < -0.3 is 10.2 Å². The van der Waals surface area contributed by atoms with Gasteiger partial charge in [-0.2, -0.15) is 13.2 Å². The molecule has 150 valence electrons. The molecular weight excluding hydrogens is 369 g/mol. The van der Waals surface area contributed by atoms with E-state index in [1.54, 1.807) is 4.90 Å². The minimum atomic E-state index is -4.49. The number of aromatic nitrogens is 2. The van der Waals surface area contributed by atoms with Crippen LogP contribution in [0.25, 0.3) is 0 Å². The molecule has 1 amide bonds. The van der Waals surface area contributed by atoms with E-state index in [4.69, 9.17) is 0 Å². The lowest BCUT2D eigenvalue weighted by atomic mass is 9.95. The summed E-state index contributed by atoms with van der Waals surface area (Å²) >= 11 is 0. The highest BCUT2D eigenvalue weighted by molar-refractivity contribution is 5.79. The van der Waals surface area contributed by atoms with Crippen LogP contribution in [0.15, 0.2) is 42.7 Å². The maximum atomic E-state index is 12.8. The van der Waals surface area contributed by atoms with Crippen LogP contribution < -0.4 is 10.2 Å². The first-order chi connectivity index (χ1) is 13.3. The van der Waals surface area contributed by atoms with E-state index in [0.717, 1.165) is 12.4 Å². The fraction of sp³-hybridized carbons (Fsp3) is 0.450. The summed E-state index contributed by atoms with van der Waals surface area (Å²) in [5.41, 5.74) is 0.217. The number of anilines is 1. The Morgan fingerprint density at radius 2 is 1.89 bits per heavy atom. The Morgan fingerprint density at radius 3 is 2.54 bits per heavy atom. The Hall–Kier alpha value is -2.64. The molecule has 2 heterocycles. The largest absolute Gasteiger partial charge is 0.433 e. The second kappa shape index (κ2) is 8.58. The highest BCUT2D eigenvalue weighted by Gasteiger charge is 2.34. The zero-order valence-electron chi connectivity index (χ0n) is 15.6. The molecule has 1 aliphatic rings. The highest BCUT2D eigenvalue weighted by atomic mass is 19.4. The molecule has 5 nitrogen and oxygen atoms in total. The normalized spacial score (nSPS) is 16.6. The number of benzene rings is 1. The summed E-state index contributed by atoms with van der Waals surface area (Å²) in [6.45, 7) is 3.59. The summed E-state index contributed by atoms with van der Waals surface area (Å²) in [5, 5.41) is 3.00. The van der Waals surface area contributed by atoms with Gasteiger partial charge in [0.05, 0.1) is 0 Å². The third-order valence-corrected chi connectivity index (χ3v) is 5.08. The van der Waals surface area contributed by atoms with Crippen LogP contribution in [0.2, 0.25) is 0 Å². The lowest BCUT2D eigenvalue weighted by Gasteiger charge is -2.32. The Bertz CT molecular complexity index is 790. The minimum Gasteiger partial charge on any atom is -0.356 e. The van der Waals surface area contributed by atoms with Crippen molar-refractivity contribution in [3.63, 3.8) is 0 Å². The SMILES string of the molecule is C[C@@H](CNC(=O)C1CCN(c2cc(C(F)(F)F)ncn2)CC1)c1ccccc1. The molecule has 1 aliphatic heterocycles. The molecule has 0 unspecified atom stereocenters. The molecular formula is C20H23F3N4O. The van der Waals surface area contributed by atoms with Crippen LogP contribution in [0, 0.1) is 5.92 Å². The molecule has 1 atom stereocenters. The summed E-state index contributed by atoms with van der Waals surface area (Å²) in [4.78, 5) is 21.5. The van der Waals surface area contributed by atoms with E-state index in [1.807, 2.05) is 30.3 Å². The molecule has 0 saturated carbocycles. The monoisotopic (exact) mass is 392 g/mol. The summed E-state index contributed by atoms with van der Waals surface area (Å²) in [7, 11) is 0. The van der Waals surface area contributed by atoms with Crippen molar-refractivity contribution in [2.24, 2.45) is 5.92 Å². The molecule has 0 radical (unpaired) electrons. The van der Waals surface area contributed by atoms with Crippen molar-refractivity contribution in [1.82, 2.24) is 15.3 Å².